The minimum absolute atomic E-state index is 0.860. The molecule has 0 aliphatic carbocycles. The number of aryl methyl sites for hydroxylation is 2. The summed E-state index contributed by atoms with van der Waals surface area (Å²) in [4.78, 5) is 8.77. The molecule has 2 aromatic rings. The highest BCUT2D eigenvalue weighted by molar-refractivity contribution is 9.10. The van der Waals surface area contributed by atoms with E-state index in [2.05, 4.69) is 42.7 Å². The Morgan fingerprint density at radius 2 is 2.24 bits per heavy atom. The van der Waals surface area contributed by atoms with Crippen LogP contribution in [-0.4, -0.2) is 16.5 Å². The molecule has 0 aliphatic heterocycles. The maximum Gasteiger partial charge on any atom is 0.128 e. The molecule has 0 saturated carbocycles. The molecular formula is C12H14BrN3S. The minimum Gasteiger partial charge on any atom is -0.369 e. The van der Waals surface area contributed by atoms with Crippen molar-refractivity contribution >= 4 is 33.1 Å². The zero-order valence-corrected chi connectivity index (χ0v) is 12.2. The van der Waals surface area contributed by atoms with Crippen LogP contribution in [0.15, 0.2) is 22.1 Å². The average Bonchev–Trinajstić information content (AvgIpc) is 2.68. The lowest BCUT2D eigenvalue weighted by Crippen LogP contribution is -2.07. The van der Waals surface area contributed by atoms with Crippen molar-refractivity contribution in [3.63, 3.8) is 0 Å². The van der Waals surface area contributed by atoms with Crippen molar-refractivity contribution in [1.82, 2.24) is 9.97 Å². The summed E-state index contributed by atoms with van der Waals surface area (Å²) in [5, 5.41) is 6.56. The van der Waals surface area contributed by atoms with Gasteiger partial charge in [0.15, 0.2) is 0 Å². The molecule has 5 heteroatoms. The topological polar surface area (TPSA) is 37.8 Å². The Bertz CT molecular complexity index is 510. The van der Waals surface area contributed by atoms with Crippen LogP contribution in [0.1, 0.15) is 16.3 Å². The zero-order chi connectivity index (χ0) is 12.3. The number of aromatic nitrogens is 2. The maximum atomic E-state index is 4.43. The van der Waals surface area contributed by atoms with Crippen LogP contribution in [0.3, 0.4) is 0 Å². The first-order valence-corrected chi connectivity index (χ1v) is 7.09. The number of nitrogens with one attached hydrogen (secondary N) is 1. The van der Waals surface area contributed by atoms with Gasteiger partial charge in [-0.15, -0.1) is 11.3 Å². The fraction of sp³-hybridized carbons (Fsp3) is 0.333. The zero-order valence-electron chi connectivity index (χ0n) is 9.83. The highest BCUT2D eigenvalue weighted by atomic mass is 79.9. The highest BCUT2D eigenvalue weighted by Crippen LogP contribution is 2.16. The molecule has 2 rings (SSSR count). The Kier molecular flexibility index (Phi) is 4.12. The molecule has 0 atom stereocenters. The predicted molar refractivity (Wildman–Crippen MR) is 75.7 cm³/mol. The average molecular weight is 312 g/mol. The lowest BCUT2D eigenvalue weighted by molar-refractivity contribution is 0.957. The summed E-state index contributed by atoms with van der Waals surface area (Å²) in [5.74, 6) is 0.945. The van der Waals surface area contributed by atoms with E-state index in [-0.39, 0.29) is 0 Å². The molecule has 0 aromatic carbocycles. The Balaban J connectivity index is 1.90. The minimum atomic E-state index is 0.860. The van der Waals surface area contributed by atoms with Gasteiger partial charge in [-0.05, 0) is 41.4 Å². The third-order valence-electron chi connectivity index (χ3n) is 2.39. The van der Waals surface area contributed by atoms with E-state index in [0.29, 0.717) is 0 Å². The molecule has 0 aliphatic rings. The number of halogens is 1. The maximum absolute atomic E-state index is 4.43. The van der Waals surface area contributed by atoms with E-state index in [0.717, 1.165) is 39.5 Å². The first-order chi connectivity index (χ1) is 8.15. The fourth-order valence-electron chi connectivity index (χ4n) is 1.56. The summed E-state index contributed by atoms with van der Waals surface area (Å²) in [6.45, 7) is 4.94. The molecule has 0 bridgehead atoms. The van der Waals surface area contributed by atoms with Gasteiger partial charge in [-0.25, -0.2) is 9.97 Å². The van der Waals surface area contributed by atoms with Crippen LogP contribution >= 0.6 is 27.3 Å². The lowest BCUT2D eigenvalue weighted by Gasteiger charge is -2.07. The molecule has 3 nitrogen and oxygen atoms in total. The van der Waals surface area contributed by atoms with Gasteiger partial charge in [0, 0.05) is 29.0 Å². The van der Waals surface area contributed by atoms with Crippen LogP contribution in [0.5, 0.6) is 0 Å². The molecule has 0 amide bonds. The smallest absolute Gasteiger partial charge is 0.128 e. The highest BCUT2D eigenvalue weighted by Gasteiger charge is 2.01. The van der Waals surface area contributed by atoms with Gasteiger partial charge < -0.3 is 5.32 Å². The van der Waals surface area contributed by atoms with Crippen molar-refractivity contribution in [3.8, 4) is 0 Å². The molecule has 2 heterocycles. The number of nitrogens with zero attached hydrogens (tertiary/aromatic N) is 2. The molecule has 90 valence electrons. The standard InChI is InChI=1S/C12H14BrN3S/c1-8-5-10(13)6-15-12(8)14-4-3-11-7-17-9(2)16-11/h5-7H,3-4H2,1-2H3,(H,14,15). The van der Waals surface area contributed by atoms with Gasteiger partial charge in [-0.2, -0.15) is 0 Å². The van der Waals surface area contributed by atoms with E-state index in [1.807, 2.05) is 20.0 Å². The van der Waals surface area contributed by atoms with E-state index < -0.39 is 0 Å². The number of hydrogen-bond donors (Lipinski definition) is 1. The van der Waals surface area contributed by atoms with Crippen LogP contribution in [0.2, 0.25) is 0 Å². The molecule has 0 spiro atoms. The normalized spacial score (nSPS) is 10.5. The Morgan fingerprint density at radius 1 is 1.41 bits per heavy atom. The van der Waals surface area contributed by atoms with Gasteiger partial charge in [0.05, 0.1) is 10.7 Å². The van der Waals surface area contributed by atoms with Gasteiger partial charge in [-0.3, -0.25) is 0 Å². The number of hydrogen-bond acceptors (Lipinski definition) is 4. The van der Waals surface area contributed by atoms with Crippen LogP contribution < -0.4 is 5.32 Å². The van der Waals surface area contributed by atoms with Gasteiger partial charge in [-0.1, -0.05) is 0 Å². The van der Waals surface area contributed by atoms with E-state index in [1.54, 1.807) is 11.3 Å². The third-order valence-corrected chi connectivity index (χ3v) is 3.64. The van der Waals surface area contributed by atoms with E-state index in [1.165, 1.54) is 0 Å². The molecule has 17 heavy (non-hydrogen) atoms. The monoisotopic (exact) mass is 311 g/mol. The summed E-state index contributed by atoms with van der Waals surface area (Å²) in [6, 6.07) is 2.06. The Hall–Kier alpha value is -0.940. The molecular weight excluding hydrogens is 298 g/mol. The van der Waals surface area contributed by atoms with E-state index >= 15 is 0 Å². The number of anilines is 1. The van der Waals surface area contributed by atoms with Crippen LogP contribution in [0, 0.1) is 13.8 Å². The second-order valence-electron chi connectivity index (χ2n) is 3.85. The molecule has 2 aromatic heterocycles. The van der Waals surface area contributed by atoms with Crippen molar-refractivity contribution < 1.29 is 0 Å². The van der Waals surface area contributed by atoms with Crippen LogP contribution in [0.25, 0.3) is 0 Å². The van der Waals surface area contributed by atoms with Gasteiger partial charge in [0.25, 0.3) is 0 Å². The van der Waals surface area contributed by atoms with Crippen LogP contribution in [-0.2, 0) is 6.42 Å². The Morgan fingerprint density at radius 3 is 2.88 bits per heavy atom. The molecule has 0 fully saturated rings. The second-order valence-corrected chi connectivity index (χ2v) is 5.83. The number of pyridine rings is 1. The second kappa shape index (κ2) is 5.60. The first kappa shape index (κ1) is 12.5. The SMILES string of the molecule is Cc1nc(CCNc2ncc(Br)cc2C)cs1. The van der Waals surface area contributed by atoms with Gasteiger partial charge in [0.1, 0.15) is 5.82 Å². The molecule has 0 saturated heterocycles. The number of thiazole rings is 1. The van der Waals surface area contributed by atoms with Gasteiger partial charge in [0.2, 0.25) is 0 Å². The van der Waals surface area contributed by atoms with Gasteiger partial charge >= 0.3 is 0 Å². The fourth-order valence-corrected chi connectivity index (χ4v) is 2.65. The van der Waals surface area contributed by atoms with E-state index in [4.69, 9.17) is 0 Å². The van der Waals surface area contributed by atoms with E-state index in [9.17, 15) is 0 Å². The largest absolute Gasteiger partial charge is 0.369 e. The van der Waals surface area contributed by atoms with Crippen molar-refractivity contribution in [2.75, 3.05) is 11.9 Å². The van der Waals surface area contributed by atoms with Crippen molar-refractivity contribution in [3.05, 3.63) is 38.4 Å². The molecule has 0 radical (unpaired) electrons. The van der Waals surface area contributed by atoms with Crippen molar-refractivity contribution in [1.29, 1.82) is 0 Å². The molecule has 0 unspecified atom stereocenters. The third kappa shape index (κ3) is 3.51. The molecule has 1 N–H and O–H groups in total. The quantitative estimate of drug-likeness (QED) is 0.938. The lowest BCUT2D eigenvalue weighted by atomic mass is 10.3. The predicted octanol–water partition coefficient (Wildman–Crippen LogP) is 3.57. The summed E-state index contributed by atoms with van der Waals surface area (Å²) in [6.07, 6.45) is 2.74. The summed E-state index contributed by atoms with van der Waals surface area (Å²) in [5.41, 5.74) is 2.29. The first-order valence-electron chi connectivity index (χ1n) is 5.42. The van der Waals surface area contributed by atoms with Crippen LogP contribution in [0.4, 0.5) is 5.82 Å². The number of rotatable bonds is 4. The van der Waals surface area contributed by atoms with Crippen molar-refractivity contribution in [2.45, 2.75) is 20.3 Å². The Labute approximate surface area is 113 Å². The summed E-state index contributed by atoms with van der Waals surface area (Å²) in [7, 11) is 0. The summed E-state index contributed by atoms with van der Waals surface area (Å²) >= 11 is 5.10. The summed E-state index contributed by atoms with van der Waals surface area (Å²) < 4.78 is 1.01. The van der Waals surface area contributed by atoms with Crippen molar-refractivity contribution in [2.24, 2.45) is 0 Å².